The topological polar surface area (TPSA) is 102 Å². The second-order valence-electron chi connectivity index (χ2n) is 8.96. The summed E-state index contributed by atoms with van der Waals surface area (Å²) in [7, 11) is 1.29. The minimum atomic E-state index is -0.691. The Hall–Kier alpha value is -3.88. The molecule has 0 spiro atoms. The first-order valence-electron chi connectivity index (χ1n) is 11.4. The monoisotopic (exact) mass is 482 g/mol. The molecule has 0 bridgehead atoms. The molecule has 0 N–H and O–H groups in total. The zero-order valence-electron chi connectivity index (χ0n) is 20.4. The summed E-state index contributed by atoms with van der Waals surface area (Å²) in [6.07, 6.45) is -0.0849. The van der Waals surface area contributed by atoms with Crippen LogP contribution in [0.4, 0.5) is 10.5 Å². The Kier molecular flexibility index (Phi) is 8.11. The van der Waals surface area contributed by atoms with Crippen LogP contribution < -0.4 is 9.64 Å². The van der Waals surface area contributed by atoms with E-state index < -0.39 is 17.7 Å². The van der Waals surface area contributed by atoms with Gasteiger partial charge in [0.15, 0.2) is 0 Å². The van der Waals surface area contributed by atoms with E-state index in [4.69, 9.17) is 9.47 Å². The van der Waals surface area contributed by atoms with E-state index in [1.165, 1.54) is 16.9 Å². The molecule has 2 aromatic carbocycles. The molecule has 0 aromatic heterocycles. The third-order valence-electron chi connectivity index (χ3n) is 5.20. The lowest BCUT2D eigenvalue weighted by Crippen LogP contribution is -2.38. The summed E-state index contributed by atoms with van der Waals surface area (Å²) in [5, 5.41) is 0. The lowest BCUT2D eigenvalue weighted by Gasteiger charge is -2.27. The van der Waals surface area contributed by atoms with E-state index in [0.29, 0.717) is 35.6 Å². The maximum absolute atomic E-state index is 12.7. The standard InChI is InChI=1S/C26H30N2O7/c1-26(2,3)35-25(32)27(16-14-22(29)33-4)18-10-12-19(13-11-18)34-17-7-15-28-23(30)20-8-5-6-9-21(20)24(28)31/h5-6,8-13H,7,14-17H2,1-4H3. The number of imide groups is 1. The van der Waals surface area contributed by atoms with Gasteiger partial charge >= 0.3 is 12.1 Å². The number of benzene rings is 2. The molecule has 1 heterocycles. The molecule has 35 heavy (non-hydrogen) atoms. The van der Waals surface area contributed by atoms with Crippen molar-refractivity contribution in [2.24, 2.45) is 0 Å². The second-order valence-corrected chi connectivity index (χ2v) is 8.96. The zero-order chi connectivity index (χ0) is 25.6. The van der Waals surface area contributed by atoms with E-state index >= 15 is 0 Å². The van der Waals surface area contributed by atoms with Crippen molar-refractivity contribution in [3.63, 3.8) is 0 Å². The number of hydrogen-bond acceptors (Lipinski definition) is 7. The number of ether oxygens (including phenoxy) is 3. The second kappa shape index (κ2) is 11.0. The van der Waals surface area contributed by atoms with Crippen LogP contribution in [0.3, 0.4) is 0 Å². The number of nitrogens with zero attached hydrogens (tertiary/aromatic N) is 2. The van der Waals surface area contributed by atoms with Crippen molar-refractivity contribution < 1.29 is 33.4 Å². The summed E-state index contributed by atoms with van der Waals surface area (Å²) >= 11 is 0. The maximum atomic E-state index is 12.7. The van der Waals surface area contributed by atoms with Crippen LogP contribution >= 0.6 is 0 Å². The number of fused-ring (bicyclic) bond motifs is 1. The summed E-state index contributed by atoms with van der Waals surface area (Å²) in [5.74, 6) is -0.446. The molecule has 0 saturated heterocycles. The molecule has 0 saturated carbocycles. The van der Waals surface area contributed by atoms with Gasteiger partial charge in [0.1, 0.15) is 11.4 Å². The van der Waals surface area contributed by atoms with Crippen LogP contribution in [-0.2, 0) is 14.3 Å². The predicted octanol–water partition coefficient (Wildman–Crippen LogP) is 4.06. The van der Waals surface area contributed by atoms with Gasteiger partial charge in [0.25, 0.3) is 11.8 Å². The summed E-state index contributed by atoms with van der Waals surface area (Å²) in [6, 6.07) is 13.6. The first-order valence-corrected chi connectivity index (χ1v) is 11.4. The Morgan fingerprint density at radius 2 is 1.54 bits per heavy atom. The molecule has 2 aromatic rings. The molecule has 1 aliphatic rings. The van der Waals surface area contributed by atoms with E-state index in [-0.39, 0.29) is 31.3 Å². The molecule has 1 aliphatic heterocycles. The Morgan fingerprint density at radius 3 is 2.09 bits per heavy atom. The van der Waals surface area contributed by atoms with Gasteiger partial charge in [-0.05, 0) is 63.6 Å². The Labute approximate surface area is 204 Å². The number of carbonyl (C=O) groups is 4. The largest absolute Gasteiger partial charge is 0.494 e. The highest BCUT2D eigenvalue weighted by molar-refractivity contribution is 6.21. The van der Waals surface area contributed by atoms with Crippen LogP contribution in [-0.4, -0.2) is 61.2 Å². The normalized spacial score (nSPS) is 12.9. The third kappa shape index (κ3) is 6.59. The van der Waals surface area contributed by atoms with E-state index in [9.17, 15) is 19.2 Å². The lowest BCUT2D eigenvalue weighted by molar-refractivity contribution is -0.140. The molecule has 3 amide bonds. The van der Waals surface area contributed by atoms with Gasteiger partial charge in [0, 0.05) is 18.8 Å². The van der Waals surface area contributed by atoms with Crippen molar-refractivity contribution in [3.05, 3.63) is 59.7 Å². The minimum Gasteiger partial charge on any atom is -0.494 e. The van der Waals surface area contributed by atoms with Gasteiger partial charge in [-0.25, -0.2) is 4.79 Å². The highest BCUT2D eigenvalue weighted by atomic mass is 16.6. The quantitative estimate of drug-likeness (QED) is 0.302. The molecule has 186 valence electrons. The van der Waals surface area contributed by atoms with Crippen molar-refractivity contribution in [3.8, 4) is 5.75 Å². The van der Waals surface area contributed by atoms with Gasteiger partial charge in [-0.2, -0.15) is 0 Å². The number of amides is 3. The van der Waals surface area contributed by atoms with Gasteiger partial charge in [0.2, 0.25) is 0 Å². The number of esters is 1. The maximum Gasteiger partial charge on any atom is 0.414 e. The number of rotatable bonds is 9. The fourth-order valence-corrected chi connectivity index (χ4v) is 3.53. The van der Waals surface area contributed by atoms with Crippen molar-refractivity contribution in [1.29, 1.82) is 0 Å². The van der Waals surface area contributed by atoms with Crippen LogP contribution in [0.5, 0.6) is 5.75 Å². The summed E-state index contributed by atoms with van der Waals surface area (Å²) in [4.78, 5) is 51.7. The summed E-state index contributed by atoms with van der Waals surface area (Å²) in [5.41, 5.74) is 0.705. The number of carbonyl (C=O) groups excluding carboxylic acids is 4. The van der Waals surface area contributed by atoms with Gasteiger partial charge in [0.05, 0.1) is 31.3 Å². The molecular weight excluding hydrogens is 452 g/mol. The lowest BCUT2D eigenvalue weighted by atomic mass is 10.1. The van der Waals surface area contributed by atoms with Gasteiger partial charge in [-0.1, -0.05) is 12.1 Å². The van der Waals surface area contributed by atoms with Crippen LogP contribution in [0.1, 0.15) is 54.3 Å². The number of hydrogen-bond donors (Lipinski definition) is 0. The van der Waals surface area contributed by atoms with Crippen LogP contribution in [0, 0.1) is 0 Å². The van der Waals surface area contributed by atoms with Crippen LogP contribution in [0.2, 0.25) is 0 Å². The molecule has 3 rings (SSSR count). The Morgan fingerprint density at radius 1 is 0.943 bits per heavy atom. The highest BCUT2D eigenvalue weighted by Crippen LogP contribution is 2.24. The third-order valence-corrected chi connectivity index (χ3v) is 5.20. The zero-order valence-corrected chi connectivity index (χ0v) is 20.4. The summed E-state index contributed by atoms with van der Waals surface area (Å²) < 4.78 is 15.9. The van der Waals surface area contributed by atoms with Crippen LogP contribution in [0.15, 0.2) is 48.5 Å². The van der Waals surface area contributed by atoms with Crippen molar-refractivity contribution in [2.75, 3.05) is 31.7 Å². The number of methoxy groups -OCH3 is 1. The molecule has 0 atom stereocenters. The van der Waals surface area contributed by atoms with E-state index in [1.807, 2.05) is 0 Å². The Balaban J connectivity index is 1.55. The predicted molar refractivity (Wildman–Crippen MR) is 129 cm³/mol. The highest BCUT2D eigenvalue weighted by Gasteiger charge is 2.34. The van der Waals surface area contributed by atoms with Crippen molar-refractivity contribution in [2.45, 2.75) is 39.2 Å². The first kappa shape index (κ1) is 25.7. The van der Waals surface area contributed by atoms with Crippen molar-refractivity contribution in [1.82, 2.24) is 4.90 Å². The van der Waals surface area contributed by atoms with E-state index in [0.717, 1.165) is 0 Å². The van der Waals surface area contributed by atoms with Gasteiger partial charge in [-0.15, -0.1) is 0 Å². The molecule has 9 heteroatoms. The molecule has 0 aliphatic carbocycles. The summed E-state index contributed by atoms with van der Waals surface area (Å²) in [6.45, 7) is 5.95. The molecule has 0 radical (unpaired) electrons. The minimum absolute atomic E-state index is 0.0196. The smallest absolute Gasteiger partial charge is 0.414 e. The molecule has 9 nitrogen and oxygen atoms in total. The average molecular weight is 483 g/mol. The van der Waals surface area contributed by atoms with E-state index in [1.54, 1.807) is 69.3 Å². The van der Waals surface area contributed by atoms with Gasteiger partial charge < -0.3 is 14.2 Å². The number of anilines is 1. The molecular formula is C26H30N2O7. The van der Waals surface area contributed by atoms with Crippen LogP contribution in [0.25, 0.3) is 0 Å². The molecule has 0 unspecified atom stereocenters. The Bertz CT molecular complexity index is 1050. The van der Waals surface area contributed by atoms with E-state index in [2.05, 4.69) is 4.74 Å². The fourth-order valence-electron chi connectivity index (χ4n) is 3.53. The first-order chi connectivity index (χ1) is 16.6. The molecule has 0 fully saturated rings. The van der Waals surface area contributed by atoms with Crippen molar-refractivity contribution >= 4 is 29.6 Å². The average Bonchev–Trinajstić information content (AvgIpc) is 3.06. The van der Waals surface area contributed by atoms with Gasteiger partial charge in [-0.3, -0.25) is 24.2 Å². The fraction of sp³-hybridized carbons (Fsp3) is 0.385. The SMILES string of the molecule is COC(=O)CCN(C(=O)OC(C)(C)C)c1ccc(OCCCN2C(=O)c3ccccc3C2=O)cc1.